The van der Waals surface area contributed by atoms with Crippen LogP contribution in [0.4, 0.5) is 0 Å². The molecule has 172 valence electrons. The van der Waals surface area contributed by atoms with E-state index in [0.717, 1.165) is 63.6 Å². The zero-order valence-electron chi connectivity index (χ0n) is 19.0. The molecule has 0 bridgehead atoms. The monoisotopic (exact) mass is 444 g/mol. The molecule has 1 saturated carbocycles. The Morgan fingerprint density at radius 3 is 2.33 bits per heavy atom. The number of benzene rings is 2. The van der Waals surface area contributed by atoms with Crippen molar-refractivity contribution >= 4 is 11.9 Å². The number of hydrazone groups is 1. The molecule has 7 nitrogen and oxygen atoms in total. The minimum absolute atomic E-state index is 0.0181. The summed E-state index contributed by atoms with van der Waals surface area (Å²) in [6.45, 7) is 1.78. The van der Waals surface area contributed by atoms with Gasteiger partial charge in [0.2, 0.25) is 11.9 Å². The number of hydrogen-bond acceptors (Lipinski definition) is 4. The van der Waals surface area contributed by atoms with Gasteiger partial charge in [0, 0.05) is 24.7 Å². The molecule has 4 rings (SSSR count). The highest BCUT2D eigenvalue weighted by Gasteiger charge is 2.39. The lowest BCUT2D eigenvalue weighted by Crippen LogP contribution is -2.47. The number of hydrogen-bond donors (Lipinski definition) is 2. The quantitative estimate of drug-likeness (QED) is 0.307. The fourth-order valence-corrected chi connectivity index (χ4v) is 5.37. The van der Waals surface area contributed by atoms with E-state index in [1.807, 2.05) is 29.3 Å². The Kier molecular flexibility index (Phi) is 6.83. The van der Waals surface area contributed by atoms with Crippen LogP contribution >= 0.6 is 0 Å². The summed E-state index contributed by atoms with van der Waals surface area (Å²) in [4.78, 5) is 13.6. The van der Waals surface area contributed by atoms with Crippen molar-refractivity contribution in [2.24, 2.45) is 16.6 Å². The van der Waals surface area contributed by atoms with E-state index < -0.39 is 5.91 Å². The summed E-state index contributed by atoms with van der Waals surface area (Å²) in [5, 5.41) is 16.3. The van der Waals surface area contributed by atoms with Crippen molar-refractivity contribution in [3.05, 3.63) is 71.3 Å². The number of nitriles is 1. The fraction of sp³-hybridized carbons (Fsp3) is 0.423. The highest BCUT2D eigenvalue weighted by Crippen LogP contribution is 2.43. The van der Waals surface area contributed by atoms with E-state index in [1.54, 1.807) is 11.0 Å². The number of rotatable bonds is 6. The third-order valence-corrected chi connectivity index (χ3v) is 7.16. The third kappa shape index (κ3) is 4.95. The van der Waals surface area contributed by atoms with E-state index >= 15 is 0 Å². The maximum absolute atomic E-state index is 12.0. The first kappa shape index (κ1) is 22.7. The van der Waals surface area contributed by atoms with Crippen molar-refractivity contribution in [2.45, 2.75) is 56.4 Å². The lowest BCUT2D eigenvalue weighted by molar-refractivity contribution is 0.0998. The van der Waals surface area contributed by atoms with Crippen LogP contribution in [-0.2, 0) is 11.8 Å². The molecule has 7 heteroatoms. The van der Waals surface area contributed by atoms with Crippen molar-refractivity contribution in [3.63, 3.8) is 0 Å². The van der Waals surface area contributed by atoms with Crippen LogP contribution < -0.4 is 11.5 Å². The van der Waals surface area contributed by atoms with Gasteiger partial charge in [-0.1, -0.05) is 48.5 Å². The average Bonchev–Trinajstić information content (AvgIpc) is 3.34. The van der Waals surface area contributed by atoms with Gasteiger partial charge in [0.25, 0.3) is 0 Å². The molecular formula is C26H32N6O. The van der Waals surface area contributed by atoms with Crippen LogP contribution in [0.5, 0.6) is 0 Å². The van der Waals surface area contributed by atoms with Gasteiger partial charge in [-0.25, -0.2) is 4.90 Å². The molecule has 2 aliphatic rings. The van der Waals surface area contributed by atoms with Crippen molar-refractivity contribution < 1.29 is 4.79 Å². The Hall–Kier alpha value is -3.53. The largest absolute Gasteiger partial charge is 0.367 e. The zero-order chi connectivity index (χ0) is 23.3. The molecule has 0 atom stereocenters. The fourth-order valence-electron chi connectivity index (χ4n) is 5.37. The van der Waals surface area contributed by atoms with E-state index in [9.17, 15) is 10.1 Å². The summed E-state index contributed by atoms with van der Waals surface area (Å²) in [5.74, 6) is -0.111. The van der Waals surface area contributed by atoms with E-state index in [-0.39, 0.29) is 17.4 Å². The molecule has 1 heterocycles. The van der Waals surface area contributed by atoms with Gasteiger partial charge in [-0.15, -0.1) is 5.10 Å². The van der Waals surface area contributed by atoms with E-state index in [4.69, 9.17) is 11.5 Å². The Morgan fingerprint density at radius 1 is 1.06 bits per heavy atom. The van der Waals surface area contributed by atoms with E-state index in [2.05, 4.69) is 35.6 Å². The van der Waals surface area contributed by atoms with Crippen molar-refractivity contribution in [1.82, 2.24) is 9.91 Å². The first-order valence-electron chi connectivity index (χ1n) is 11.7. The zero-order valence-corrected chi connectivity index (χ0v) is 19.0. The van der Waals surface area contributed by atoms with Crippen LogP contribution in [0.2, 0.25) is 0 Å². The summed E-state index contributed by atoms with van der Waals surface area (Å²) in [5.41, 5.74) is 14.6. The molecule has 1 aliphatic heterocycles. The molecular weight excluding hydrogens is 412 g/mol. The highest BCUT2D eigenvalue weighted by molar-refractivity contribution is 5.94. The predicted octanol–water partition coefficient (Wildman–Crippen LogP) is 3.32. The van der Waals surface area contributed by atoms with Gasteiger partial charge in [0.15, 0.2) is 6.19 Å². The molecule has 0 radical (unpaired) electrons. The predicted molar refractivity (Wildman–Crippen MR) is 129 cm³/mol. The van der Waals surface area contributed by atoms with Crippen LogP contribution in [0.25, 0.3) is 0 Å². The maximum atomic E-state index is 12.0. The summed E-state index contributed by atoms with van der Waals surface area (Å²) in [7, 11) is 0. The van der Waals surface area contributed by atoms with Gasteiger partial charge < -0.3 is 11.5 Å². The SMILES string of the molecule is N#CN(C(N)=NN1CCCC1)C1CCC(Cc2ccccc2C(N)=O)(c2ccccc2)CC1. The maximum Gasteiger partial charge on any atom is 0.248 e. The molecule has 2 aromatic rings. The second kappa shape index (κ2) is 9.95. The number of guanidine groups is 1. The van der Waals surface area contributed by atoms with Crippen molar-refractivity contribution in [1.29, 1.82) is 5.26 Å². The second-order valence-electron chi connectivity index (χ2n) is 9.16. The Labute approximate surface area is 195 Å². The topological polar surface area (TPSA) is 112 Å². The Balaban J connectivity index is 1.57. The van der Waals surface area contributed by atoms with E-state index in [1.165, 1.54) is 5.56 Å². The molecule has 1 amide bonds. The van der Waals surface area contributed by atoms with Crippen LogP contribution in [0.3, 0.4) is 0 Å². The number of carbonyl (C=O) groups is 1. The number of primary amides is 1. The van der Waals surface area contributed by atoms with Gasteiger partial charge in [0.1, 0.15) is 0 Å². The molecule has 2 aromatic carbocycles. The number of carbonyl (C=O) groups excluding carboxylic acids is 1. The van der Waals surface area contributed by atoms with Crippen molar-refractivity contribution in [2.75, 3.05) is 13.1 Å². The standard InChI is InChI=1S/C26H32N6O/c27-19-32(25(29)30-31-16-6-7-17-31)22-12-14-26(15-13-22,21-9-2-1-3-10-21)18-20-8-4-5-11-23(20)24(28)33/h1-5,8-11,22H,6-7,12-18H2,(H2,28,33)(H2,29,30). The van der Waals surface area contributed by atoms with E-state index in [0.29, 0.717) is 5.56 Å². The lowest BCUT2D eigenvalue weighted by atomic mass is 9.64. The molecule has 0 spiro atoms. The normalized spacial score (nSPS) is 23.2. The van der Waals surface area contributed by atoms with Crippen LogP contribution in [-0.4, -0.2) is 40.9 Å². The highest BCUT2D eigenvalue weighted by atomic mass is 16.1. The minimum atomic E-state index is -0.399. The molecule has 1 aliphatic carbocycles. The Bertz CT molecular complexity index is 1030. The third-order valence-electron chi connectivity index (χ3n) is 7.16. The number of nitrogens with zero attached hydrogens (tertiary/aromatic N) is 4. The van der Waals surface area contributed by atoms with Crippen LogP contribution in [0.1, 0.15) is 60.0 Å². The lowest BCUT2D eigenvalue weighted by Gasteiger charge is -2.43. The molecule has 4 N–H and O–H groups in total. The van der Waals surface area contributed by atoms with Gasteiger partial charge >= 0.3 is 0 Å². The molecule has 33 heavy (non-hydrogen) atoms. The summed E-state index contributed by atoms with van der Waals surface area (Å²) >= 11 is 0. The van der Waals surface area contributed by atoms with Crippen LogP contribution in [0.15, 0.2) is 59.7 Å². The summed E-state index contributed by atoms with van der Waals surface area (Å²) in [6, 6.07) is 18.1. The smallest absolute Gasteiger partial charge is 0.248 e. The van der Waals surface area contributed by atoms with Gasteiger partial charge in [-0.2, -0.15) is 5.26 Å². The minimum Gasteiger partial charge on any atom is -0.367 e. The molecule has 1 saturated heterocycles. The Morgan fingerprint density at radius 2 is 1.70 bits per heavy atom. The number of amides is 1. The van der Waals surface area contributed by atoms with Gasteiger partial charge in [-0.3, -0.25) is 9.80 Å². The molecule has 0 aromatic heterocycles. The van der Waals surface area contributed by atoms with Crippen molar-refractivity contribution in [3.8, 4) is 6.19 Å². The summed E-state index contributed by atoms with van der Waals surface area (Å²) in [6.07, 6.45) is 8.62. The first-order valence-corrected chi connectivity index (χ1v) is 11.7. The average molecular weight is 445 g/mol. The first-order chi connectivity index (χ1) is 16.0. The summed E-state index contributed by atoms with van der Waals surface area (Å²) < 4.78 is 0. The molecule has 2 fully saturated rings. The second-order valence-corrected chi connectivity index (χ2v) is 9.16. The van der Waals surface area contributed by atoms with Gasteiger partial charge in [0.05, 0.1) is 0 Å². The molecule has 0 unspecified atom stereocenters. The van der Waals surface area contributed by atoms with Gasteiger partial charge in [-0.05, 0) is 67.6 Å². The van der Waals surface area contributed by atoms with Crippen LogP contribution in [0, 0.1) is 11.5 Å². The number of nitrogens with two attached hydrogens (primary N) is 2.